The number of rotatable bonds is 4. The number of aryl methyl sites for hydroxylation is 4. The van der Waals surface area contributed by atoms with Gasteiger partial charge in [-0.25, -0.2) is 0 Å². The van der Waals surface area contributed by atoms with Gasteiger partial charge in [0.25, 0.3) is 0 Å². The Hall–Kier alpha value is -2.80. The van der Waals surface area contributed by atoms with E-state index in [0.29, 0.717) is 0 Å². The Morgan fingerprint density at radius 3 is 1.44 bits per heavy atom. The smallest absolute Gasteiger partial charge is 0.0464 e. The molecule has 0 aliphatic heterocycles. The first-order valence-electron chi connectivity index (χ1n) is 8.67. The molecule has 0 saturated heterocycles. The zero-order valence-corrected chi connectivity index (χ0v) is 15.5. The Bertz CT molecular complexity index is 852. The predicted octanol–water partition coefficient (Wildman–Crippen LogP) is 7.03. The van der Waals surface area contributed by atoms with Crippen molar-refractivity contribution in [3.05, 3.63) is 95.1 Å². The number of hydrogen-bond donors (Lipinski definition) is 0. The zero-order chi connectivity index (χ0) is 18.0. The number of nitrogens with zero attached hydrogens (tertiary/aromatic N) is 1. The lowest BCUT2D eigenvalue weighted by molar-refractivity contribution is 1.23. The monoisotopic (exact) mass is 327 g/mol. The van der Waals surface area contributed by atoms with E-state index in [4.69, 9.17) is 0 Å². The van der Waals surface area contributed by atoms with Crippen molar-refractivity contribution in [2.75, 3.05) is 4.90 Å². The molecular weight excluding hydrogens is 302 g/mol. The minimum absolute atomic E-state index is 1.13. The summed E-state index contributed by atoms with van der Waals surface area (Å²) in [5, 5.41) is 0. The standard InChI is InChI=1S/C24H25N/c1-6-21-9-13-22(14-10-21)25(23-11-7-17(2)19(4)15-23)24-12-8-18(3)20(5)16-24/h6-16H,1H2,2-5H3. The summed E-state index contributed by atoms with van der Waals surface area (Å²) in [4.78, 5) is 2.31. The molecule has 3 aromatic rings. The van der Waals surface area contributed by atoms with E-state index in [1.807, 2.05) is 6.08 Å². The van der Waals surface area contributed by atoms with Crippen molar-refractivity contribution in [1.29, 1.82) is 0 Å². The van der Waals surface area contributed by atoms with Crippen molar-refractivity contribution in [3.8, 4) is 0 Å². The van der Waals surface area contributed by atoms with Crippen molar-refractivity contribution in [2.45, 2.75) is 27.7 Å². The van der Waals surface area contributed by atoms with Gasteiger partial charge in [0, 0.05) is 17.1 Å². The van der Waals surface area contributed by atoms with Crippen LogP contribution in [0.1, 0.15) is 27.8 Å². The van der Waals surface area contributed by atoms with E-state index >= 15 is 0 Å². The first-order valence-corrected chi connectivity index (χ1v) is 8.67. The SMILES string of the molecule is C=Cc1ccc(N(c2ccc(C)c(C)c2)c2ccc(C)c(C)c2)cc1. The molecule has 1 nitrogen and oxygen atoms in total. The maximum absolute atomic E-state index is 3.85. The van der Waals surface area contributed by atoms with Crippen molar-refractivity contribution in [1.82, 2.24) is 0 Å². The summed E-state index contributed by atoms with van der Waals surface area (Å²) in [5.74, 6) is 0. The molecule has 0 unspecified atom stereocenters. The topological polar surface area (TPSA) is 3.24 Å². The first-order chi connectivity index (χ1) is 12.0. The Morgan fingerprint density at radius 1 is 0.600 bits per heavy atom. The molecule has 0 aliphatic rings. The van der Waals surface area contributed by atoms with E-state index in [1.54, 1.807) is 0 Å². The van der Waals surface area contributed by atoms with Gasteiger partial charge >= 0.3 is 0 Å². The van der Waals surface area contributed by atoms with Crippen molar-refractivity contribution < 1.29 is 0 Å². The molecule has 0 N–H and O–H groups in total. The maximum atomic E-state index is 3.85. The lowest BCUT2D eigenvalue weighted by Gasteiger charge is -2.27. The van der Waals surface area contributed by atoms with Gasteiger partial charge in [0.15, 0.2) is 0 Å². The van der Waals surface area contributed by atoms with Crippen LogP contribution in [-0.4, -0.2) is 0 Å². The first kappa shape index (κ1) is 17.0. The van der Waals surface area contributed by atoms with E-state index < -0.39 is 0 Å². The molecule has 0 heterocycles. The van der Waals surface area contributed by atoms with Gasteiger partial charge in [0.05, 0.1) is 0 Å². The third-order valence-electron chi connectivity index (χ3n) is 4.88. The molecular formula is C24H25N. The molecule has 3 rings (SSSR count). The summed E-state index contributed by atoms with van der Waals surface area (Å²) in [5.41, 5.74) is 9.86. The largest absolute Gasteiger partial charge is 0.310 e. The highest BCUT2D eigenvalue weighted by Crippen LogP contribution is 2.36. The molecule has 0 fully saturated rings. The summed E-state index contributed by atoms with van der Waals surface area (Å²) in [7, 11) is 0. The molecule has 126 valence electrons. The van der Waals surface area contributed by atoms with Crippen LogP contribution in [0.3, 0.4) is 0 Å². The van der Waals surface area contributed by atoms with Gasteiger partial charge in [-0.2, -0.15) is 0 Å². The second-order valence-electron chi connectivity index (χ2n) is 6.67. The number of anilines is 3. The van der Waals surface area contributed by atoms with Crippen LogP contribution in [-0.2, 0) is 0 Å². The number of hydrogen-bond acceptors (Lipinski definition) is 1. The van der Waals surface area contributed by atoms with Crippen LogP contribution in [0.2, 0.25) is 0 Å². The van der Waals surface area contributed by atoms with Crippen LogP contribution in [0.4, 0.5) is 17.1 Å². The quantitative estimate of drug-likeness (QED) is 0.497. The molecule has 0 radical (unpaired) electrons. The fraction of sp³-hybridized carbons (Fsp3) is 0.167. The van der Waals surface area contributed by atoms with E-state index in [0.717, 1.165) is 11.3 Å². The molecule has 0 saturated carbocycles. The van der Waals surface area contributed by atoms with Gasteiger partial charge in [-0.3, -0.25) is 0 Å². The molecule has 0 aliphatic carbocycles. The highest BCUT2D eigenvalue weighted by atomic mass is 15.1. The van der Waals surface area contributed by atoms with Gasteiger partial charge in [0.1, 0.15) is 0 Å². The predicted molar refractivity (Wildman–Crippen MR) is 110 cm³/mol. The molecule has 3 aromatic carbocycles. The molecule has 25 heavy (non-hydrogen) atoms. The van der Waals surface area contributed by atoms with Crippen LogP contribution in [0.25, 0.3) is 6.08 Å². The van der Waals surface area contributed by atoms with Crippen LogP contribution in [0, 0.1) is 27.7 Å². The third kappa shape index (κ3) is 3.51. The fourth-order valence-electron chi connectivity index (χ4n) is 2.94. The fourth-order valence-corrected chi connectivity index (χ4v) is 2.94. The minimum Gasteiger partial charge on any atom is -0.310 e. The van der Waals surface area contributed by atoms with Crippen LogP contribution < -0.4 is 4.90 Å². The summed E-state index contributed by atoms with van der Waals surface area (Å²) in [6, 6.07) is 21.8. The van der Waals surface area contributed by atoms with Crippen molar-refractivity contribution in [2.24, 2.45) is 0 Å². The van der Waals surface area contributed by atoms with Crippen LogP contribution in [0.15, 0.2) is 67.2 Å². The van der Waals surface area contributed by atoms with Crippen LogP contribution >= 0.6 is 0 Å². The summed E-state index contributed by atoms with van der Waals surface area (Å²) in [6.07, 6.45) is 1.88. The lowest BCUT2D eigenvalue weighted by Crippen LogP contribution is -2.10. The van der Waals surface area contributed by atoms with Gasteiger partial charge in [0.2, 0.25) is 0 Å². The third-order valence-corrected chi connectivity index (χ3v) is 4.88. The molecule has 0 atom stereocenters. The Morgan fingerprint density at radius 2 is 1.04 bits per heavy atom. The maximum Gasteiger partial charge on any atom is 0.0464 e. The zero-order valence-electron chi connectivity index (χ0n) is 15.5. The van der Waals surface area contributed by atoms with E-state index in [9.17, 15) is 0 Å². The van der Waals surface area contributed by atoms with Crippen LogP contribution in [0.5, 0.6) is 0 Å². The number of benzene rings is 3. The Labute approximate surface area is 151 Å². The Kier molecular flexibility index (Phi) is 4.76. The van der Waals surface area contributed by atoms with E-state index in [-0.39, 0.29) is 0 Å². The van der Waals surface area contributed by atoms with Crippen molar-refractivity contribution >= 4 is 23.1 Å². The lowest BCUT2D eigenvalue weighted by atomic mass is 10.1. The molecule has 0 amide bonds. The van der Waals surface area contributed by atoms with Gasteiger partial charge in [-0.15, -0.1) is 0 Å². The average molecular weight is 327 g/mol. The normalized spacial score (nSPS) is 10.6. The highest BCUT2D eigenvalue weighted by molar-refractivity contribution is 5.78. The van der Waals surface area contributed by atoms with Gasteiger partial charge in [-0.05, 0) is 91.9 Å². The Balaban J connectivity index is 2.16. The summed E-state index contributed by atoms with van der Waals surface area (Å²) in [6.45, 7) is 12.5. The van der Waals surface area contributed by atoms with Crippen molar-refractivity contribution in [3.63, 3.8) is 0 Å². The van der Waals surface area contributed by atoms with E-state index in [2.05, 4.69) is 99.8 Å². The molecule has 0 aromatic heterocycles. The molecule has 0 bridgehead atoms. The van der Waals surface area contributed by atoms with Gasteiger partial charge in [-0.1, -0.05) is 36.9 Å². The molecule has 1 heteroatoms. The second kappa shape index (κ2) is 6.98. The minimum atomic E-state index is 1.13. The van der Waals surface area contributed by atoms with Gasteiger partial charge < -0.3 is 4.90 Å². The summed E-state index contributed by atoms with van der Waals surface area (Å²) < 4.78 is 0. The second-order valence-corrected chi connectivity index (χ2v) is 6.67. The van der Waals surface area contributed by atoms with E-state index in [1.165, 1.54) is 33.6 Å². The average Bonchev–Trinajstić information content (AvgIpc) is 2.62. The highest BCUT2D eigenvalue weighted by Gasteiger charge is 2.13. The summed E-state index contributed by atoms with van der Waals surface area (Å²) >= 11 is 0. The molecule has 0 spiro atoms.